The van der Waals surface area contributed by atoms with Crippen molar-refractivity contribution in [1.82, 2.24) is 0 Å². The Bertz CT molecular complexity index is 1150. The second kappa shape index (κ2) is 51.7. The van der Waals surface area contributed by atoms with E-state index in [9.17, 15) is 14.4 Å². The molecule has 0 aromatic rings. The maximum absolute atomic E-state index is 12.8. The van der Waals surface area contributed by atoms with E-state index in [2.05, 4.69) is 81.5 Å². The summed E-state index contributed by atoms with van der Waals surface area (Å²) < 4.78 is 16.8. The van der Waals surface area contributed by atoms with E-state index in [1.807, 2.05) is 0 Å². The normalized spacial score (nSPS) is 12.5. The van der Waals surface area contributed by atoms with Crippen molar-refractivity contribution in [3.63, 3.8) is 0 Å². The molecule has 1 unspecified atom stereocenters. The van der Waals surface area contributed by atoms with Gasteiger partial charge in [-0.2, -0.15) is 0 Å². The summed E-state index contributed by atoms with van der Waals surface area (Å²) in [5, 5.41) is 0. The standard InChI is InChI=1S/C57H100O6/c1-4-7-10-13-16-19-22-25-27-28-30-32-35-38-41-44-47-50-56(59)62-53-54(52-61-55(58)49-46-43-40-37-34-31-24-21-18-15-12-9-6-3)63-57(60)51-48-45-42-39-36-33-29-26-23-20-17-14-11-8-5-2/h12,15,17,20-21,24-27,29,54H,4-11,13-14,16,18-19,22-23,28,30-53H2,1-3H3/b15-12-,20-17-,24-21-,27-25-,29-26-. The van der Waals surface area contributed by atoms with Crippen LogP contribution in [0.15, 0.2) is 60.8 Å². The molecular weight excluding hydrogens is 781 g/mol. The first-order valence-corrected chi connectivity index (χ1v) is 26.8. The Morgan fingerprint density at radius 1 is 0.317 bits per heavy atom. The van der Waals surface area contributed by atoms with Gasteiger partial charge in [0.1, 0.15) is 13.2 Å². The van der Waals surface area contributed by atoms with Crippen molar-refractivity contribution in [2.75, 3.05) is 13.2 Å². The molecule has 63 heavy (non-hydrogen) atoms. The lowest BCUT2D eigenvalue weighted by molar-refractivity contribution is -0.167. The van der Waals surface area contributed by atoms with Crippen molar-refractivity contribution in [3.05, 3.63) is 60.8 Å². The third-order valence-electron chi connectivity index (χ3n) is 11.4. The highest BCUT2D eigenvalue weighted by Gasteiger charge is 2.19. The lowest BCUT2D eigenvalue weighted by atomic mass is 10.1. The van der Waals surface area contributed by atoms with Gasteiger partial charge in [0.15, 0.2) is 6.10 Å². The van der Waals surface area contributed by atoms with E-state index in [4.69, 9.17) is 14.2 Å². The van der Waals surface area contributed by atoms with Crippen LogP contribution < -0.4 is 0 Å². The van der Waals surface area contributed by atoms with E-state index in [0.29, 0.717) is 19.3 Å². The molecule has 0 aromatic heterocycles. The average Bonchev–Trinajstić information content (AvgIpc) is 3.28. The molecule has 364 valence electrons. The first-order chi connectivity index (χ1) is 31.0. The molecule has 1 atom stereocenters. The zero-order valence-electron chi connectivity index (χ0n) is 41.6. The Hall–Kier alpha value is -2.89. The van der Waals surface area contributed by atoms with E-state index in [1.54, 1.807) is 0 Å². The zero-order chi connectivity index (χ0) is 45.8. The van der Waals surface area contributed by atoms with Crippen LogP contribution in [0.1, 0.15) is 265 Å². The Morgan fingerprint density at radius 2 is 0.603 bits per heavy atom. The summed E-state index contributed by atoms with van der Waals surface area (Å²) >= 11 is 0. The predicted octanol–water partition coefficient (Wildman–Crippen LogP) is 17.6. The number of carbonyl (C=O) groups is 3. The molecule has 0 aliphatic carbocycles. The molecule has 0 saturated heterocycles. The zero-order valence-corrected chi connectivity index (χ0v) is 41.6. The summed E-state index contributed by atoms with van der Waals surface area (Å²) in [6, 6.07) is 0. The Kier molecular flexibility index (Phi) is 49.4. The average molecular weight is 881 g/mol. The van der Waals surface area contributed by atoms with Gasteiger partial charge < -0.3 is 14.2 Å². The second-order valence-electron chi connectivity index (χ2n) is 17.8. The fourth-order valence-corrected chi connectivity index (χ4v) is 7.39. The number of hydrogen-bond acceptors (Lipinski definition) is 6. The molecule has 0 saturated carbocycles. The van der Waals surface area contributed by atoms with E-state index >= 15 is 0 Å². The summed E-state index contributed by atoms with van der Waals surface area (Å²) in [4.78, 5) is 38.0. The molecule has 0 aromatic carbocycles. The third kappa shape index (κ3) is 50.0. The lowest BCUT2D eigenvalue weighted by Gasteiger charge is -2.18. The summed E-state index contributed by atoms with van der Waals surface area (Å²) in [5.74, 6) is -0.914. The smallest absolute Gasteiger partial charge is 0.306 e. The van der Waals surface area contributed by atoms with Gasteiger partial charge in [0.2, 0.25) is 0 Å². The largest absolute Gasteiger partial charge is 0.462 e. The summed E-state index contributed by atoms with van der Waals surface area (Å²) in [7, 11) is 0. The van der Waals surface area contributed by atoms with E-state index < -0.39 is 6.10 Å². The fourth-order valence-electron chi connectivity index (χ4n) is 7.39. The van der Waals surface area contributed by atoms with Crippen LogP contribution in [0.4, 0.5) is 0 Å². The second-order valence-corrected chi connectivity index (χ2v) is 17.8. The van der Waals surface area contributed by atoms with Crippen LogP contribution in [0.2, 0.25) is 0 Å². The highest BCUT2D eigenvalue weighted by molar-refractivity contribution is 5.71. The van der Waals surface area contributed by atoms with Gasteiger partial charge in [-0.25, -0.2) is 0 Å². The van der Waals surface area contributed by atoms with Gasteiger partial charge in [-0.15, -0.1) is 0 Å². The minimum absolute atomic E-state index is 0.0864. The molecule has 0 spiro atoms. The van der Waals surface area contributed by atoms with E-state index in [0.717, 1.165) is 116 Å². The molecule has 0 fully saturated rings. The van der Waals surface area contributed by atoms with Crippen molar-refractivity contribution < 1.29 is 28.6 Å². The van der Waals surface area contributed by atoms with E-state index in [-0.39, 0.29) is 31.1 Å². The van der Waals surface area contributed by atoms with Crippen LogP contribution in [-0.4, -0.2) is 37.2 Å². The van der Waals surface area contributed by atoms with Gasteiger partial charge in [-0.05, 0) is 103 Å². The minimum atomic E-state index is -0.788. The van der Waals surface area contributed by atoms with Gasteiger partial charge >= 0.3 is 17.9 Å². The van der Waals surface area contributed by atoms with Crippen molar-refractivity contribution in [2.45, 2.75) is 271 Å². The SMILES string of the molecule is CCC/C=C\C/C=C\CCCCCCCC(=O)OCC(COC(=O)CCCCCCCCC/C=C\CCCCCCCC)OC(=O)CCCCCCC/C=C\C/C=C\CCCCC. The summed E-state index contributed by atoms with van der Waals surface area (Å²) in [6.45, 7) is 6.53. The van der Waals surface area contributed by atoms with Crippen molar-refractivity contribution >= 4 is 17.9 Å². The number of rotatable bonds is 48. The third-order valence-corrected chi connectivity index (χ3v) is 11.4. The van der Waals surface area contributed by atoms with Crippen LogP contribution >= 0.6 is 0 Å². The molecule has 0 bridgehead atoms. The number of allylic oxidation sites excluding steroid dienone is 10. The Labute approximate surface area is 390 Å². The molecule has 6 heteroatoms. The number of esters is 3. The van der Waals surface area contributed by atoms with Crippen LogP contribution in [0.3, 0.4) is 0 Å². The molecule has 0 heterocycles. The fraction of sp³-hybridized carbons (Fsp3) is 0.772. The first-order valence-electron chi connectivity index (χ1n) is 26.8. The maximum atomic E-state index is 12.8. The molecule has 0 N–H and O–H groups in total. The van der Waals surface area contributed by atoms with Crippen LogP contribution in [0, 0.1) is 0 Å². The molecule has 0 rings (SSSR count). The number of carbonyl (C=O) groups excluding carboxylic acids is 3. The van der Waals surface area contributed by atoms with Crippen molar-refractivity contribution in [3.8, 4) is 0 Å². The summed E-state index contributed by atoms with van der Waals surface area (Å²) in [6.07, 6.45) is 63.4. The van der Waals surface area contributed by atoms with Gasteiger partial charge in [-0.1, -0.05) is 204 Å². The molecule has 0 aliphatic heterocycles. The molecule has 6 nitrogen and oxygen atoms in total. The molecule has 0 amide bonds. The number of unbranched alkanes of at least 4 members (excludes halogenated alkanes) is 27. The number of ether oxygens (including phenoxy) is 3. The van der Waals surface area contributed by atoms with Gasteiger partial charge in [0.05, 0.1) is 0 Å². The Balaban J connectivity index is 4.41. The lowest BCUT2D eigenvalue weighted by Crippen LogP contribution is -2.30. The van der Waals surface area contributed by atoms with Gasteiger partial charge in [0, 0.05) is 19.3 Å². The Morgan fingerprint density at radius 3 is 0.984 bits per heavy atom. The predicted molar refractivity (Wildman–Crippen MR) is 270 cm³/mol. The molecule has 0 aliphatic rings. The quantitative estimate of drug-likeness (QED) is 0.0262. The molecule has 0 radical (unpaired) electrons. The van der Waals surface area contributed by atoms with Gasteiger partial charge in [0.25, 0.3) is 0 Å². The highest BCUT2D eigenvalue weighted by Crippen LogP contribution is 2.14. The first kappa shape index (κ1) is 60.1. The molecular formula is C57H100O6. The summed E-state index contributed by atoms with van der Waals surface area (Å²) in [5.41, 5.74) is 0. The topological polar surface area (TPSA) is 78.9 Å². The van der Waals surface area contributed by atoms with E-state index in [1.165, 1.54) is 109 Å². The number of hydrogen-bond donors (Lipinski definition) is 0. The highest BCUT2D eigenvalue weighted by atomic mass is 16.6. The van der Waals surface area contributed by atoms with Crippen molar-refractivity contribution in [2.24, 2.45) is 0 Å². The van der Waals surface area contributed by atoms with Crippen LogP contribution in [0.25, 0.3) is 0 Å². The van der Waals surface area contributed by atoms with Crippen LogP contribution in [-0.2, 0) is 28.6 Å². The van der Waals surface area contributed by atoms with Crippen LogP contribution in [0.5, 0.6) is 0 Å². The minimum Gasteiger partial charge on any atom is -0.462 e. The van der Waals surface area contributed by atoms with Crippen molar-refractivity contribution in [1.29, 1.82) is 0 Å². The monoisotopic (exact) mass is 881 g/mol. The maximum Gasteiger partial charge on any atom is 0.306 e. The van der Waals surface area contributed by atoms with Gasteiger partial charge in [-0.3, -0.25) is 14.4 Å².